The minimum absolute atomic E-state index is 0.125. The van der Waals surface area contributed by atoms with Gasteiger partial charge in [0, 0.05) is 84.6 Å². The van der Waals surface area contributed by atoms with Crippen molar-refractivity contribution in [3.63, 3.8) is 0 Å². The Bertz CT molecular complexity index is 753. The van der Waals surface area contributed by atoms with E-state index in [1.165, 1.54) is 51.7 Å². The first-order valence-electron chi connectivity index (χ1n) is 15.1. The first-order valence-corrected chi connectivity index (χ1v) is 15.1. The SMILES string of the molecule is CNC(=O)CN1CCC(CCN2CCN(C)C(C3CN(C4CCN(CC(=O)NC)CC4)CCN3C)C2)CC1. The first-order chi connectivity index (χ1) is 18.4. The number of likely N-dealkylation sites (tertiary alicyclic amines) is 2. The van der Waals surface area contributed by atoms with Crippen LogP contribution in [-0.4, -0.2) is 173 Å². The van der Waals surface area contributed by atoms with Crippen LogP contribution in [0.4, 0.5) is 0 Å². The van der Waals surface area contributed by atoms with E-state index in [4.69, 9.17) is 0 Å². The topological polar surface area (TPSA) is 77.6 Å². The fourth-order valence-corrected chi connectivity index (χ4v) is 7.05. The first kappa shape index (κ1) is 29.7. The van der Waals surface area contributed by atoms with Crippen LogP contribution in [0.1, 0.15) is 32.1 Å². The Labute approximate surface area is 231 Å². The van der Waals surface area contributed by atoms with Crippen molar-refractivity contribution >= 4 is 11.8 Å². The number of carbonyl (C=O) groups is 2. The molecule has 38 heavy (non-hydrogen) atoms. The molecule has 0 spiro atoms. The summed E-state index contributed by atoms with van der Waals surface area (Å²) in [6, 6.07) is 1.78. The summed E-state index contributed by atoms with van der Waals surface area (Å²) in [5, 5.41) is 5.51. The highest BCUT2D eigenvalue weighted by molar-refractivity contribution is 5.78. The van der Waals surface area contributed by atoms with Gasteiger partial charge in [0.25, 0.3) is 0 Å². The lowest BCUT2D eigenvalue weighted by Crippen LogP contribution is -2.66. The summed E-state index contributed by atoms with van der Waals surface area (Å²) in [5.74, 6) is 1.04. The molecule has 4 aliphatic rings. The lowest BCUT2D eigenvalue weighted by atomic mass is 9.92. The average molecular weight is 535 g/mol. The standard InChI is InChI=1S/C28H54N8O2/c1-29-27(37)21-33-10-5-23(6-11-33)7-12-35-17-15-31(3)25(19-35)26-20-36(18-16-32(26)4)24-8-13-34(14-9-24)22-28(38)30-2/h23-26H,5-22H2,1-4H3,(H,29,37)(H,30,38). The fourth-order valence-electron chi connectivity index (χ4n) is 7.05. The molecule has 0 aromatic rings. The van der Waals surface area contributed by atoms with Crippen LogP contribution >= 0.6 is 0 Å². The van der Waals surface area contributed by atoms with Crippen LogP contribution in [0.5, 0.6) is 0 Å². The second-order valence-electron chi connectivity index (χ2n) is 12.3. The Morgan fingerprint density at radius 3 is 1.76 bits per heavy atom. The number of hydrogen-bond donors (Lipinski definition) is 2. The summed E-state index contributed by atoms with van der Waals surface area (Å²) in [6.07, 6.45) is 6.06. The number of piperazine rings is 2. The van der Waals surface area contributed by atoms with Crippen molar-refractivity contribution in [1.82, 2.24) is 40.0 Å². The number of amides is 2. The Balaban J connectivity index is 1.23. The largest absolute Gasteiger partial charge is 0.358 e. The molecule has 4 saturated heterocycles. The lowest BCUT2D eigenvalue weighted by Gasteiger charge is -2.51. The number of likely N-dealkylation sites (N-methyl/N-ethyl adjacent to an activating group) is 4. The molecular formula is C28H54N8O2. The maximum Gasteiger partial charge on any atom is 0.233 e. The van der Waals surface area contributed by atoms with E-state index in [-0.39, 0.29) is 11.8 Å². The third-order valence-electron chi connectivity index (χ3n) is 9.88. The highest BCUT2D eigenvalue weighted by Crippen LogP contribution is 2.25. The van der Waals surface area contributed by atoms with Crippen LogP contribution in [0.15, 0.2) is 0 Å². The van der Waals surface area contributed by atoms with Crippen molar-refractivity contribution in [2.24, 2.45) is 5.92 Å². The molecule has 0 aliphatic carbocycles. The highest BCUT2D eigenvalue weighted by atomic mass is 16.2. The molecule has 4 heterocycles. The molecular weight excluding hydrogens is 480 g/mol. The molecule has 218 valence electrons. The molecule has 10 nitrogen and oxygen atoms in total. The van der Waals surface area contributed by atoms with Crippen molar-refractivity contribution in [2.75, 3.05) is 113 Å². The fraction of sp³-hybridized carbons (Fsp3) is 0.929. The van der Waals surface area contributed by atoms with E-state index < -0.39 is 0 Å². The smallest absolute Gasteiger partial charge is 0.233 e. The maximum atomic E-state index is 11.8. The molecule has 2 unspecified atom stereocenters. The van der Waals surface area contributed by atoms with E-state index in [0.29, 0.717) is 31.2 Å². The molecule has 0 saturated carbocycles. The number of rotatable bonds is 9. The van der Waals surface area contributed by atoms with Gasteiger partial charge in [-0.1, -0.05) is 0 Å². The molecule has 4 aliphatic heterocycles. The third-order valence-corrected chi connectivity index (χ3v) is 9.88. The number of carbonyl (C=O) groups excluding carboxylic acids is 2. The van der Waals surface area contributed by atoms with Gasteiger partial charge >= 0.3 is 0 Å². The summed E-state index contributed by atoms with van der Waals surface area (Å²) in [7, 11) is 8.10. The quantitative estimate of drug-likeness (QED) is 0.401. The van der Waals surface area contributed by atoms with E-state index in [1.54, 1.807) is 14.1 Å². The number of hydrogen-bond acceptors (Lipinski definition) is 8. The van der Waals surface area contributed by atoms with E-state index in [9.17, 15) is 9.59 Å². The van der Waals surface area contributed by atoms with E-state index >= 15 is 0 Å². The zero-order valence-corrected chi connectivity index (χ0v) is 24.5. The van der Waals surface area contributed by atoms with Crippen molar-refractivity contribution in [2.45, 2.75) is 50.2 Å². The van der Waals surface area contributed by atoms with Gasteiger partial charge in [-0.05, 0) is 71.8 Å². The number of piperidine rings is 2. The molecule has 4 fully saturated rings. The lowest BCUT2D eigenvalue weighted by molar-refractivity contribution is -0.123. The van der Waals surface area contributed by atoms with Crippen LogP contribution in [0.25, 0.3) is 0 Å². The van der Waals surface area contributed by atoms with Gasteiger partial charge in [0.2, 0.25) is 11.8 Å². The van der Waals surface area contributed by atoms with Gasteiger partial charge in [-0.25, -0.2) is 0 Å². The predicted octanol–water partition coefficient (Wildman–Crippen LogP) is -0.723. The molecule has 10 heteroatoms. The molecule has 2 N–H and O–H groups in total. The normalized spacial score (nSPS) is 28.9. The van der Waals surface area contributed by atoms with E-state index in [1.807, 2.05) is 0 Å². The Morgan fingerprint density at radius 2 is 1.18 bits per heavy atom. The van der Waals surface area contributed by atoms with Gasteiger partial charge in [0.1, 0.15) is 0 Å². The molecule has 4 rings (SSSR count). The number of nitrogens with zero attached hydrogens (tertiary/aromatic N) is 6. The zero-order valence-electron chi connectivity index (χ0n) is 24.5. The summed E-state index contributed by atoms with van der Waals surface area (Å²) >= 11 is 0. The van der Waals surface area contributed by atoms with Gasteiger partial charge in [0.15, 0.2) is 0 Å². The van der Waals surface area contributed by atoms with Crippen LogP contribution in [0.2, 0.25) is 0 Å². The van der Waals surface area contributed by atoms with Crippen LogP contribution < -0.4 is 10.6 Å². The van der Waals surface area contributed by atoms with Crippen molar-refractivity contribution < 1.29 is 9.59 Å². The molecule has 0 bridgehead atoms. The third kappa shape index (κ3) is 8.11. The Morgan fingerprint density at radius 1 is 0.658 bits per heavy atom. The van der Waals surface area contributed by atoms with E-state index in [0.717, 1.165) is 58.3 Å². The average Bonchev–Trinajstić information content (AvgIpc) is 2.94. The van der Waals surface area contributed by atoms with Crippen molar-refractivity contribution in [3.05, 3.63) is 0 Å². The van der Waals surface area contributed by atoms with E-state index in [2.05, 4.69) is 54.1 Å². The Hall–Kier alpha value is -1.30. The summed E-state index contributed by atoms with van der Waals surface area (Å²) in [6.45, 7) is 13.4. The second kappa shape index (κ2) is 14.4. The molecule has 2 amide bonds. The van der Waals surface area contributed by atoms with Gasteiger partial charge in [-0.3, -0.25) is 34.1 Å². The zero-order chi connectivity index (χ0) is 27.1. The molecule has 0 aromatic carbocycles. The summed E-state index contributed by atoms with van der Waals surface area (Å²) in [5.41, 5.74) is 0. The van der Waals surface area contributed by atoms with Crippen LogP contribution in [0, 0.1) is 5.92 Å². The molecule has 2 atom stereocenters. The van der Waals surface area contributed by atoms with Crippen molar-refractivity contribution in [1.29, 1.82) is 0 Å². The number of nitrogens with one attached hydrogen (secondary N) is 2. The minimum atomic E-state index is 0.125. The highest BCUT2D eigenvalue weighted by Gasteiger charge is 2.38. The van der Waals surface area contributed by atoms with Crippen LogP contribution in [0.3, 0.4) is 0 Å². The van der Waals surface area contributed by atoms with Crippen LogP contribution in [-0.2, 0) is 9.59 Å². The van der Waals surface area contributed by atoms with Crippen molar-refractivity contribution in [3.8, 4) is 0 Å². The van der Waals surface area contributed by atoms with Gasteiger partial charge < -0.3 is 15.5 Å². The Kier molecular flexibility index (Phi) is 11.2. The summed E-state index contributed by atoms with van der Waals surface area (Å²) < 4.78 is 0. The second-order valence-corrected chi connectivity index (χ2v) is 12.3. The summed E-state index contributed by atoms with van der Waals surface area (Å²) in [4.78, 5) is 38.8. The predicted molar refractivity (Wildman–Crippen MR) is 152 cm³/mol. The minimum Gasteiger partial charge on any atom is -0.358 e. The monoisotopic (exact) mass is 534 g/mol. The molecule has 0 aromatic heterocycles. The van der Waals surface area contributed by atoms with Gasteiger partial charge in [-0.15, -0.1) is 0 Å². The van der Waals surface area contributed by atoms with Gasteiger partial charge in [0.05, 0.1) is 13.1 Å². The molecule has 0 radical (unpaired) electrons. The maximum absolute atomic E-state index is 11.8. The van der Waals surface area contributed by atoms with Gasteiger partial charge in [-0.2, -0.15) is 0 Å².